The number of nitrogens with zero attached hydrogens (tertiary/aromatic N) is 1. The average molecular weight is 325 g/mol. The maximum Gasteiger partial charge on any atom is 0.0248 e. The summed E-state index contributed by atoms with van der Waals surface area (Å²) in [5.74, 6) is 0.867. The molecule has 0 amide bonds. The Hall–Kier alpha value is -0.380. The monoisotopic (exact) mass is 324 g/mol. The lowest BCUT2D eigenvalue weighted by Crippen LogP contribution is -2.46. The van der Waals surface area contributed by atoms with Gasteiger partial charge in [0, 0.05) is 23.6 Å². The lowest BCUT2D eigenvalue weighted by molar-refractivity contribution is 0.107. The van der Waals surface area contributed by atoms with Crippen molar-refractivity contribution in [3.63, 3.8) is 0 Å². The normalized spacial score (nSPS) is 24.6. The van der Waals surface area contributed by atoms with Crippen molar-refractivity contribution in [3.05, 3.63) is 33.8 Å². The van der Waals surface area contributed by atoms with Crippen molar-refractivity contribution in [3.8, 4) is 0 Å². The predicted molar refractivity (Wildman–Crippen MR) is 85.1 cm³/mol. The highest BCUT2D eigenvalue weighted by atomic mass is 79.9. The zero-order valence-electron chi connectivity index (χ0n) is 12.0. The summed E-state index contributed by atoms with van der Waals surface area (Å²) in [6.45, 7) is 7.40. The van der Waals surface area contributed by atoms with E-state index in [4.69, 9.17) is 5.73 Å². The molecule has 0 aliphatic carbocycles. The Balaban J connectivity index is 2.05. The van der Waals surface area contributed by atoms with E-state index in [0.717, 1.165) is 19.0 Å². The Kier molecular flexibility index (Phi) is 5.43. The van der Waals surface area contributed by atoms with E-state index in [2.05, 4.69) is 52.9 Å². The highest BCUT2D eigenvalue weighted by Crippen LogP contribution is 2.28. The van der Waals surface area contributed by atoms with Crippen LogP contribution in [0.25, 0.3) is 0 Å². The number of rotatable bonds is 4. The summed E-state index contributed by atoms with van der Waals surface area (Å²) < 4.78 is 1.22. The van der Waals surface area contributed by atoms with Crippen molar-refractivity contribution in [2.75, 3.05) is 13.1 Å². The lowest BCUT2D eigenvalue weighted by atomic mass is 9.88. The fourth-order valence-corrected chi connectivity index (χ4v) is 3.62. The second-order valence-electron chi connectivity index (χ2n) is 5.75. The second kappa shape index (κ2) is 6.87. The van der Waals surface area contributed by atoms with Gasteiger partial charge in [-0.1, -0.05) is 41.4 Å². The molecule has 1 aromatic rings. The van der Waals surface area contributed by atoms with Gasteiger partial charge in [0.05, 0.1) is 0 Å². The molecule has 19 heavy (non-hydrogen) atoms. The summed E-state index contributed by atoms with van der Waals surface area (Å²) in [7, 11) is 0. The number of hydrogen-bond acceptors (Lipinski definition) is 2. The molecule has 0 aromatic heterocycles. The van der Waals surface area contributed by atoms with E-state index in [9.17, 15) is 0 Å². The van der Waals surface area contributed by atoms with Gasteiger partial charge in [-0.05, 0) is 49.4 Å². The third-order valence-corrected chi connectivity index (χ3v) is 5.12. The number of hydrogen-bond donors (Lipinski definition) is 1. The van der Waals surface area contributed by atoms with Crippen LogP contribution in [0.15, 0.2) is 22.7 Å². The summed E-state index contributed by atoms with van der Waals surface area (Å²) in [4.78, 5) is 2.56. The fraction of sp³-hybridized carbons (Fsp3) is 0.625. The third kappa shape index (κ3) is 3.80. The van der Waals surface area contributed by atoms with E-state index < -0.39 is 0 Å². The molecule has 2 N–H and O–H groups in total. The minimum absolute atomic E-state index is 0.548. The van der Waals surface area contributed by atoms with Crippen LogP contribution < -0.4 is 5.73 Å². The molecule has 3 heteroatoms. The average Bonchev–Trinajstić information content (AvgIpc) is 2.42. The largest absolute Gasteiger partial charge is 0.329 e. The van der Waals surface area contributed by atoms with E-state index in [1.54, 1.807) is 0 Å². The Bertz CT molecular complexity index is 419. The first-order valence-electron chi connectivity index (χ1n) is 7.33. The van der Waals surface area contributed by atoms with E-state index in [1.807, 2.05) is 0 Å². The molecule has 2 rings (SSSR count). The molecule has 2 nitrogen and oxygen atoms in total. The quantitative estimate of drug-likeness (QED) is 0.914. The van der Waals surface area contributed by atoms with E-state index >= 15 is 0 Å². The number of nitrogens with two attached hydrogens (primary N) is 1. The minimum Gasteiger partial charge on any atom is -0.329 e. The van der Waals surface area contributed by atoms with Crippen LogP contribution in [-0.4, -0.2) is 24.0 Å². The van der Waals surface area contributed by atoms with Crippen molar-refractivity contribution in [2.24, 2.45) is 11.7 Å². The first-order valence-corrected chi connectivity index (χ1v) is 8.12. The van der Waals surface area contributed by atoms with Gasteiger partial charge < -0.3 is 5.73 Å². The molecule has 1 heterocycles. The lowest BCUT2D eigenvalue weighted by Gasteiger charge is -2.39. The van der Waals surface area contributed by atoms with Crippen molar-refractivity contribution >= 4 is 15.9 Å². The smallest absolute Gasteiger partial charge is 0.0248 e. The number of piperidine rings is 1. The second-order valence-corrected chi connectivity index (χ2v) is 6.61. The van der Waals surface area contributed by atoms with Crippen molar-refractivity contribution < 1.29 is 0 Å². The molecular weight excluding hydrogens is 300 g/mol. The molecular formula is C16H25BrN2. The first-order chi connectivity index (χ1) is 9.13. The van der Waals surface area contributed by atoms with Gasteiger partial charge in [0.25, 0.3) is 0 Å². The minimum atomic E-state index is 0.548. The Morgan fingerprint density at radius 2 is 2.21 bits per heavy atom. The van der Waals surface area contributed by atoms with Gasteiger partial charge in [0.1, 0.15) is 0 Å². The molecule has 106 valence electrons. The number of benzene rings is 1. The Morgan fingerprint density at radius 3 is 2.84 bits per heavy atom. The number of likely N-dealkylation sites (tertiary alicyclic amines) is 1. The van der Waals surface area contributed by atoms with Crippen LogP contribution >= 0.6 is 15.9 Å². The van der Waals surface area contributed by atoms with Gasteiger partial charge in [-0.2, -0.15) is 0 Å². The van der Waals surface area contributed by atoms with Gasteiger partial charge in [0.2, 0.25) is 0 Å². The molecule has 1 aromatic carbocycles. The van der Waals surface area contributed by atoms with Crippen LogP contribution in [0.5, 0.6) is 0 Å². The van der Waals surface area contributed by atoms with Crippen molar-refractivity contribution in [1.29, 1.82) is 0 Å². The molecule has 0 bridgehead atoms. The summed E-state index contributed by atoms with van der Waals surface area (Å²) in [6, 6.07) is 7.17. The summed E-state index contributed by atoms with van der Waals surface area (Å²) in [5.41, 5.74) is 8.65. The van der Waals surface area contributed by atoms with Gasteiger partial charge in [0.15, 0.2) is 0 Å². The van der Waals surface area contributed by atoms with Gasteiger partial charge >= 0.3 is 0 Å². The molecule has 1 saturated heterocycles. The van der Waals surface area contributed by atoms with Crippen molar-refractivity contribution in [2.45, 2.75) is 45.7 Å². The van der Waals surface area contributed by atoms with Crippen LogP contribution in [0.4, 0.5) is 0 Å². The number of aryl methyl sites for hydroxylation is 1. The maximum absolute atomic E-state index is 5.97. The van der Waals surface area contributed by atoms with Gasteiger partial charge in [-0.15, -0.1) is 0 Å². The predicted octanol–water partition coefficient (Wildman–Crippen LogP) is 3.71. The van der Waals surface area contributed by atoms with Crippen LogP contribution in [0.3, 0.4) is 0 Å². The third-order valence-electron chi connectivity index (χ3n) is 4.38. The Morgan fingerprint density at radius 1 is 1.42 bits per heavy atom. The van der Waals surface area contributed by atoms with Crippen LogP contribution in [0, 0.1) is 12.8 Å². The summed E-state index contributed by atoms with van der Waals surface area (Å²) in [5, 5.41) is 0. The summed E-state index contributed by atoms with van der Waals surface area (Å²) >= 11 is 3.68. The Labute approximate surface area is 125 Å². The van der Waals surface area contributed by atoms with E-state index in [1.165, 1.54) is 41.4 Å². The van der Waals surface area contributed by atoms with Gasteiger partial charge in [-0.25, -0.2) is 0 Å². The van der Waals surface area contributed by atoms with E-state index in [-0.39, 0.29) is 0 Å². The standard InChI is InChI=1S/C16H25BrN2/c1-3-13-6-7-19(15(9-13)10-18)11-14-5-4-12(2)8-16(14)17/h4-5,8,13,15H,3,6-7,9-11,18H2,1-2H3. The molecule has 0 spiro atoms. The zero-order valence-corrected chi connectivity index (χ0v) is 13.6. The van der Waals surface area contributed by atoms with Gasteiger partial charge in [-0.3, -0.25) is 4.90 Å². The highest BCUT2D eigenvalue weighted by Gasteiger charge is 2.26. The molecule has 0 saturated carbocycles. The maximum atomic E-state index is 5.97. The molecule has 1 aliphatic rings. The molecule has 1 fully saturated rings. The number of halogens is 1. The molecule has 0 radical (unpaired) electrons. The zero-order chi connectivity index (χ0) is 13.8. The molecule has 1 aliphatic heterocycles. The first kappa shape index (κ1) is 15.0. The van der Waals surface area contributed by atoms with Crippen molar-refractivity contribution in [1.82, 2.24) is 4.90 Å². The summed E-state index contributed by atoms with van der Waals surface area (Å²) in [6.07, 6.45) is 3.87. The molecule has 2 atom stereocenters. The SMILES string of the molecule is CCC1CCN(Cc2ccc(C)cc2Br)C(CN)C1. The van der Waals surface area contributed by atoms with Crippen LogP contribution in [0.1, 0.15) is 37.3 Å². The van der Waals surface area contributed by atoms with Crippen LogP contribution in [-0.2, 0) is 6.54 Å². The highest BCUT2D eigenvalue weighted by molar-refractivity contribution is 9.10. The topological polar surface area (TPSA) is 29.3 Å². The van der Waals surface area contributed by atoms with E-state index in [0.29, 0.717) is 6.04 Å². The van der Waals surface area contributed by atoms with Crippen LogP contribution in [0.2, 0.25) is 0 Å². The molecule has 2 unspecified atom stereocenters. The fourth-order valence-electron chi connectivity index (χ4n) is 3.01.